The van der Waals surface area contributed by atoms with Crippen molar-refractivity contribution in [3.8, 4) is 0 Å². The molecule has 0 saturated carbocycles. The summed E-state index contributed by atoms with van der Waals surface area (Å²) in [6.45, 7) is 7.15. The number of hydrogen-bond donors (Lipinski definition) is 2. The van der Waals surface area contributed by atoms with Gasteiger partial charge in [-0.25, -0.2) is 0 Å². The molecule has 262 valence electrons. The Morgan fingerprint density at radius 3 is 1.39 bits per heavy atom. The van der Waals surface area contributed by atoms with E-state index in [-0.39, 0.29) is 17.9 Å². The lowest BCUT2D eigenvalue weighted by Gasteiger charge is -2.14. The van der Waals surface area contributed by atoms with Crippen LogP contribution in [0.15, 0.2) is 72.9 Å². The molecule has 4 nitrogen and oxygen atoms in total. The highest BCUT2D eigenvalue weighted by atomic mass is 16.2. The van der Waals surface area contributed by atoms with Gasteiger partial charge in [-0.3, -0.25) is 9.59 Å². The molecular weight excluding hydrogens is 564 g/mol. The number of nitrogens with one attached hydrogen (secondary N) is 2. The topological polar surface area (TPSA) is 58.2 Å². The summed E-state index contributed by atoms with van der Waals surface area (Å²) in [5, 5.41) is 6.21. The Morgan fingerprint density at radius 2 is 0.891 bits per heavy atom. The van der Waals surface area contributed by atoms with Crippen LogP contribution in [0.2, 0.25) is 0 Å². The fraction of sp³-hybridized carbons (Fsp3) is 0.667. The van der Waals surface area contributed by atoms with Crippen LogP contribution in [0, 0.1) is 0 Å². The summed E-state index contributed by atoms with van der Waals surface area (Å²) in [7, 11) is 0. The molecule has 0 fully saturated rings. The second-order valence-electron chi connectivity index (χ2n) is 12.5. The SMILES string of the molecule is CC/C=C\C/C=C\C/C=C\CCCCCCCC(=O)NCCCC[C@@H](C)NC(=O)CCCCCCC/C=C\C/C=C\C/C=C\CC. The van der Waals surface area contributed by atoms with Gasteiger partial charge in [-0.1, -0.05) is 125 Å². The number of amides is 2. The fourth-order valence-corrected chi connectivity index (χ4v) is 5.12. The van der Waals surface area contributed by atoms with Crippen molar-refractivity contribution in [3.63, 3.8) is 0 Å². The Kier molecular flexibility index (Phi) is 34.7. The Labute approximate surface area is 285 Å². The molecule has 2 amide bonds. The van der Waals surface area contributed by atoms with E-state index < -0.39 is 0 Å². The van der Waals surface area contributed by atoms with Crippen LogP contribution in [0.4, 0.5) is 0 Å². The third kappa shape index (κ3) is 35.9. The van der Waals surface area contributed by atoms with Gasteiger partial charge in [0, 0.05) is 25.4 Å². The highest BCUT2D eigenvalue weighted by molar-refractivity contribution is 5.76. The molecule has 0 aromatic heterocycles. The number of carbonyl (C=O) groups excluding carboxylic acids is 2. The molecule has 46 heavy (non-hydrogen) atoms. The largest absolute Gasteiger partial charge is 0.356 e. The lowest BCUT2D eigenvalue weighted by atomic mass is 10.1. The van der Waals surface area contributed by atoms with E-state index in [9.17, 15) is 9.59 Å². The summed E-state index contributed by atoms with van der Waals surface area (Å²) in [6, 6.07) is 0.197. The molecule has 0 radical (unpaired) electrons. The lowest BCUT2D eigenvalue weighted by molar-refractivity contribution is -0.122. The average Bonchev–Trinajstić information content (AvgIpc) is 3.04. The minimum atomic E-state index is 0.178. The Hall–Kier alpha value is -2.62. The molecule has 0 aromatic rings. The van der Waals surface area contributed by atoms with Crippen molar-refractivity contribution < 1.29 is 9.59 Å². The van der Waals surface area contributed by atoms with E-state index in [0.29, 0.717) is 12.8 Å². The highest BCUT2D eigenvalue weighted by Gasteiger charge is 2.07. The van der Waals surface area contributed by atoms with E-state index in [2.05, 4.69) is 104 Å². The van der Waals surface area contributed by atoms with Crippen LogP contribution < -0.4 is 10.6 Å². The van der Waals surface area contributed by atoms with E-state index in [1.165, 1.54) is 38.5 Å². The fourth-order valence-electron chi connectivity index (χ4n) is 5.12. The first-order chi connectivity index (χ1) is 22.6. The van der Waals surface area contributed by atoms with Gasteiger partial charge in [0.2, 0.25) is 11.8 Å². The molecule has 0 rings (SSSR count). The molecular formula is C42H72N2O2. The molecule has 0 aliphatic heterocycles. The van der Waals surface area contributed by atoms with Gasteiger partial charge < -0.3 is 10.6 Å². The van der Waals surface area contributed by atoms with Gasteiger partial charge in [-0.15, -0.1) is 0 Å². The van der Waals surface area contributed by atoms with Crippen LogP contribution in [-0.4, -0.2) is 24.4 Å². The van der Waals surface area contributed by atoms with E-state index in [4.69, 9.17) is 0 Å². The summed E-state index contributed by atoms with van der Waals surface area (Å²) in [5.41, 5.74) is 0. The number of hydrogen-bond acceptors (Lipinski definition) is 2. The number of unbranched alkanes of at least 4 members (excludes halogenated alkanes) is 11. The van der Waals surface area contributed by atoms with Crippen molar-refractivity contribution in [1.29, 1.82) is 0 Å². The van der Waals surface area contributed by atoms with Crippen molar-refractivity contribution in [2.75, 3.05) is 6.54 Å². The van der Waals surface area contributed by atoms with Crippen LogP contribution in [0.1, 0.15) is 168 Å². The zero-order valence-electron chi connectivity index (χ0n) is 30.3. The Balaban J connectivity index is 3.50. The highest BCUT2D eigenvalue weighted by Crippen LogP contribution is 2.10. The zero-order chi connectivity index (χ0) is 33.6. The second kappa shape index (κ2) is 36.8. The van der Waals surface area contributed by atoms with Crippen molar-refractivity contribution in [2.45, 2.75) is 174 Å². The average molecular weight is 637 g/mol. The van der Waals surface area contributed by atoms with Crippen molar-refractivity contribution >= 4 is 11.8 Å². The standard InChI is InChI=1S/C42H72N2O2/c1-4-6-8-10-12-14-16-18-20-22-24-26-28-30-32-37-41(45)43-39-35-34-36-40(3)44-42(46)38-33-31-29-27-25-23-21-19-17-15-13-11-9-7-5-2/h6-9,12-15,18-21,40H,4-5,10-11,16-17,22-39H2,1-3H3,(H,43,45)(H,44,46)/b8-6-,9-7-,14-12-,15-13-,20-18-,21-19-/t40-/m1/s1. The summed E-state index contributed by atoms with van der Waals surface area (Å²) in [6.07, 6.45) is 51.4. The molecule has 0 bridgehead atoms. The number of rotatable bonds is 32. The number of carbonyl (C=O) groups is 2. The van der Waals surface area contributed by atoms with Crippen molar-refractivity contribution in [1.82, 2.24) is 10.6 Å². The first-order valence-electron chi connectivity index (χ1n) is 19.1. The minimum absolute atomic E-state index is 0.178. The molecule has 0 spiro atoms. The first kappa shape index (κ1) is 43.4. The summed E-state index contributed by atoms with van der Waals surface area (Å²) >= 11 is 0. The van der Waals surface area contributed by atoms with Crippen LogP contribution >= 0.6 is 0 Å². The van der Waals surface area contributed by atoms with Gasteiger partial charge in [0.1, 0.15) is 0 Å². The van der Waals surface area contributed by atoms with Gasteiger partial charge in [-0.05, 0) is 103 Å². The molecule has 4 heteroatoms. The Morgan fingerprint density at radius 1 is 0.478 bits per heavy atom. The summed E-state index contributed by atoms with van der Waals surface area (Å²) < 4.78 is 0. The van der Waals surface area contributed by atoms with Gasteiger partial charge in [-0.2, -0.15) is 0 Å². The molecule has 0 aliphatic carbocycles. The molecule has 0 aromatic carbocycles. The van der Waals surface area contributed by atoms with Crippen LogP contribution in [0.3, 0.4) is 0 Å². The zero-order valence-corrected chi connectivity index (χ0v) is 30.3. The Bertz CT molecular complexity index is 865. The molecule has 2 N–H and O–H groups in total. The third-order valence-corrected chi connectivity index (χ3v) is 7.90. The maximum atomic E-state index is 12.3. The lowest BCUT2D eigenvalue weighted by Crippen LogP contribution is -2.32. The maximum absolute atomic E-state index is 12.3. The predicted octanol–water partition coefficient (Wildman–Crippen LogP) is 12.0. The van der Waals surface area contributed by atoms with Crippen molar-refractivity contribution in [3.05, 3.63) is 72.9 Å². The minimum Gasteiger partial charge on any atom is -0.356 e. The monoisotopic (exact) mass is 637 g/mol. The van der Waals surface area contributed by atoms with Gasteiger partial charge in [0.15, 0.2) is 0 Å². The molecule has 0 aliphatic rings. The van der Waals surface area contributed by atoms with E-state index in [1.807, 2.05) is 0 Å². The summed E-state index contributed by atoms with van der Waals surface area (Å²) in [5.74, 6) is 0.357. The molecule has 0 saturated heterocycles. The van der Waals surface area contributed by atoms with Gasteiger partial charge in [0.05, 0.1) is 0 Å². The maximum Gasteiger partial charge on any atom is 0.220 e. The normalized spacial score (nSPS) is 13.0. The van der Waals surface area contributed by atoms with Crippen molar-refractivity contribution in [2.24, 2.45) is 0 Å². The molecule has 1 atom stereocenters. The van der Waals surface area contributed by atoms with Crippen LogP contribution in [0.25, 0.3) is 0 Å². The molecule has 0 unspecified atom stereocenters. The molecule has 0 heterocycles. The van der Waals surface area contributed by atoms with Gasteiger partial charge in [0.25, 0.3) is 0 Å². The van der Waals surface area contributed by atoms with E-state index >= 15 is 0 Å². The van der Waals surface area contributed by atoms with E-state index in [0.717, 1.165) is 103 Å². The quantitative estimate of drug-likeness (QED) is 0.0570. The second-order valence-corrected chi connectivity index (χ2v) is 12.5. The van der Waals surface area contributed by atoms with Crippen LogP contribution in [-0.2, 0) is 9.59 Å². The smallest absolute Gasteiger partial charge is 0.220 e. The number of allylic oxidation sites excluding steroid dienone is 12. The summed E-state index contributed by atoms with van der Waals surface area (Å²) in [4.78, 5) is 24.4. The third-order valence-electron chi connectivity index (χ3n) is 7.90. The van der Waals surface area contributed by atoms with Crippen LogP contribution in [0.5, 0.6) is 0 Å². The van der Waals surface area contributed by atoms with Gasteiger partial charge >= 0.3 is 0 Å². The van der Waals surface area contributed by atoms with E-state index in [1.54, 1.807) is 0 Å². The first-order valence-corrected chi connectivity index (χ1v) is 19.1. The predicted molar refractivity (Wildman–Crippen MR) is 203 cm³/mol.